The predicted molar refractivity (Wildman–Crippen MR) is 112 cm³/mol. The van der Waals surface area contributed by atoms with Crippen molar-refractivity contribution >= 4 is 39.4 Å². The second kappa shape index (κ2) is 7.59. The lowest BCUT2D eigenvalue weighted by Crippen LogP contribution is -2.21. The van der Waals surface area contributed by atoms with Crippen LogP contribution in [0, 0.1) is 0 Å². The number of nitrogens with one attached hydrogen (secondary N) is 1. The fourth-order valence-electron chi connectivity index (χ4n) is 3.40. The molecule has 3 aromatic carbocycles. The van der Waals surface area contributed by atoms with Gasteiger partial charge in [-0.15, -0.1) is 0 Å². The number of benzene rings is 3. The number of pyridine rings is 1. The molecule has 0 unspecified atom stereocenters. The Morgan fingerprint density at radius 3 is 1.97 bits per heavy atom. The smallest absolute Gasteiger partial charge is 0.337 e. The van der Waals surface area contributed by atoms with Gasteiger partial charge < -0.3 is 14.6 Å². The molecule has 0 radical (unpaired) electrons. The summed E-state index contributed by atoms with van der Waals surface area (Å²) in [6.45, 7) is 0.0417. The molecular formula is C23H18N2O4. The van der Waals surface area contributed by atoms with E-state index in [0.717, 1.165) is 0 Å². The number of aromatic nitrogens is 1. The first-order valence-corrected chi connectivity index (χ1v) is 9.07. The summed E-state index contributed by atoms with van der Waals surface area (Å²) in [5.41, 5.74) is 2.33. The minimum atomic E-state index is -0.436. The molecule has 0 saturated carbocycles. The van der Waals surface area contributed by atoms with E-state index in [1.165, 1.54) is 7.11 Å². The van der Waals surface area contributed by atoms with Crippen molar-refractivity contribution < 1.29 is 14.3 Å². The van der Waals surface area contributed by atoms with Crippen LogP contribution in [-0.4, -0.2) is 23.6 Å². The summed E-state index contributed by atoms with van der Waals surface area (Å²) in [5, 5.41) is 3.97. The molecule has 0 saturated heterocycles. The highest BCUT2D eigenvalue weighted by molar-refractivity contribution is 5.97. The number of amides is 1. The van der Waals surface area contributed by atoms with Gasteiger partial charge in [-0.3, -0.25) is 9.59 Å². The highest BCUT2D eigenvalue weighted by atomic mass is 16.5. The van der Waals surface area contributed by atoms with E-state index >= 15 is 0 Å². The number of hydrogen-bond acceptors (Lipinski definition) is 4. The first-order valence-electron chi connectivity index (χ1n) is 9.07. The van der Waals surface area contributed by atoms with Crippen molar-refractivity contribution in [2.24, 2.45) is 0 Å². The Morgan fingerprint density at radius 1 is 0.862 bits per heavy atom. The average Bonchev–Trinajstić information content (AvgIpc) is 2.76. The Kier molecular flexibility index (Phi) is 4.83. The van der Waals surface area contributed by atoms with Crippen molar-refractivity contribution in [3.63, 3.8) is 0 Å². The van der Waals surface area contributed by atoms with Gasteiger partial charge >= 0.3 is 5.97 Å². The van der Waals surface area contributed by atoms with E-state index in [0.29, 0.717) is 33.1 Å². The van der Waals surface area contributed by atoms with Crippen LogP contribution in [0.25, 0.3) is 21.8 Å². The number of anilines is 1. The SMILES string of the molecule is COC(=O)c1ccc(NC(=O)Cn2c3ccccc3c(=O)c3ccccc32)cc1. The Morgan fingerprint density at radius 2 is 1.41 bits per heavy atom. The maximum atomic E-state index is 12.8. The summed E-state index contributed by atoms with van der Waals surface area (Å²) in [6, 6.07) is 21.0. The molecule has 1 amide bonds. The third-order valence-electron chi connectivity index (χ3n) is 4.77. The molecule has 4 aromatic rings. The number of rotatable bonds is 4. The summed E-state index contributed by atoms with van der Waals surface area (Å²) < 4.78 is 6.51. The maximum Gasteiger partial charge on any atom is 0.337 e. The van der Waals surface area contributed by atoms with Crippen molar-refractivity contribution in [2.75, 3.05) is 12.4 Å². The van der Waals surface area contributed by atoms with Gasteiger partial charge in [0.2, 0.25) is 5.91 Å². The van der Waals surface area contributed by atoms with E-state index in [4.69, 9.17) is 0 Å². The van der Waals surface area contributed by atoms with Gasteiger partial charge in [0.15, 0.2) is 5.43 Å². The number of carbonyl (C=O) groups is 2. The van der Waals surface area contributed by atoms with Crippen molar-refractivity contribution in [2.45, 2.75) is 6.54 Å². The third kappa shape index (κ3) is 3.48. The Labute approximate surface area is 166 Å². The number of carbonyl (C=O) groups excluding carboxylic acids is 2. The minimum Gasteiger partial charge on any atom is -0.465 e. The van der Waals surface area contributed by atoms with Gasteiger partial charge in [0, 0.05) is 16.5 Å². The van der Waals surface area contributed by atoms with Gasteiger partial charge in [0.05, 0.1) is 23.7 Å². The van der Waals surface area contributed by atoms with Crippen LogP contribution in [0.4, 0.5) is 5.69 Å². The van der Waals surface area contributed by atoms with Crippen molar-refractivity contribution in [1.29, 1.82) is 0 Å². The quantitative estimate of drug-likeness (QED) is 0.430. The summed E-state index contributed by atoms with van der Waals surface area (Å²) in [6.07, 6.45) is 0. The zero-order chi connectivity index (χ0) is 20.4. The van der Waals surface area contributed by atoms with Gasteiger partial charge in [-0.05, 0) is 48.5 Å². The summed E-state index contributed by atoms with van der Waals surface area (Å²) in [5.74, 6) is -0.677. The van der Waals surface area contributed by atoms with Crippen LogP contribution in [0.15, 0.2) is 77.6 Å². The van der Waals surface area contributed by atoms with Crippen LogP contribution in [-0.2, 0) is 16.1 Å². The largest absolute Gasteiger partial charge is 0.465 e. The normalized spacial score (nSPS) is 10.8. The fraction of sp³-hybridized carbons (Fsp3) is 0.0870. The number of fused-ring (bicyclic) bond motifs is 2. The highest BCUT2D eigenvalue weighted by Gasteiger charge is 2.13. The molecule has 0 fully saturated rings. The molecule has 0 aliphatic heterocycles. The molecule has 1 N–H and O–H groups in total. The van der Waals surface area contributed by atoms with Crippen molar-refractivity contribution in [3.05, 3.63) is 88.6 Å². The lowest BCUT2D eigenvalue weighted by atomic mass is 10.1. The van der Waals surface area contributed by atoms with Gasteiger partial charge in [0.1, 0.15) is 6.54 Å². The van der Waals surface area contributed by atoms with Crippen molar-refractivity contribution in [3.8, 4) is 0 Å². The number of ether oxygens (including phenoxy) is 1. The monoisotopic (exact) mass is 386 g/mol. The Bertz CT molecular complexity index is 1230. The number of para-hydroxylation sites is 2. The number of nitrogens with zero attached hydrogens (tertiary/aromatic N) is 1. The lowest BCUT2D eigenvalue weighted by Gasteiger charge is -2.15. The van der Waals surface area contributed by atoms with E-state index in [2.05, 4.69) is 10.1 Å². The molecule has 0 atom stereocenters. The lowest BCUT2D eigenvalue weighted by molar-refractivity contribution is -0.116. The Hall–Kier alpha value is -3.93. The van der Waals surface area contributed by atoms with E-state index < -0.39 is 5.97 Å². The van der Waals surface area contributed by atoms with Crippen molar-refractivity contribution in [1.82, 2.24) is 4.57 Å². The van der Waals surface area contributed by atoms with E-state index in [1.54, 1.807) is 36.4 Å². The van der Waals surface area contributed by atoms with E-state index in [1.807, 2.05) is 41.0 Å². The molecule has 29 heavy (non-hydrogen) atoms. The van der Waals surface area contributed by atoms with Crippen LogP contribution >= 0.6 is 0 Å². The molecule has 1 heterocycles. The van der Waals surface area contributed by atoms with Crippen LogP contribution in [0.3, 0.4) is 0 Å². The van der Waals surface area contributed by atoms with Gasteiger partial charge in [-0.25, -0.2) is 4.79 Å². The number of hydrogen-bond donors (Lipinski definition) is 1. The minimum absolute atomic E-state index is 0.0417. The first kappa shape index (κ1) is 18.4. The molecule has 0 aliphatic carbocycles. The second-order valence-corrected chi connectivity index (χ2v) is 6.57. The summed E-state index contributed by atoms with van der Waals surface area (Å²) >= 11 is 0. The fourth-order valence-corrected chi connectivity index (χ4v) is 3.40. The molecule has 144 valence electrons. The highest BCUT2D eigenvalue weighted by Crippen LogP contribution is 2.19. The number of methoxy groups -OCH3 is 1. The molecule has 0 spiro atoms. The van der Waals surface area contributed by atoms with Crippen LogP contribution in [0.2, 0.25) is 0 Å². The van der Waals surface area contributed by atoms with Gasteiger partial charge in [0.25, 0.3) is 0 Å². The number of esters is 1. The molecule has 0 bridgehead atoms. The molecule has 1 aromatic heterocycles. The van der Waals surface area contributed by atoms with Gasteiger partial charge in [-0.2, -0.15) is 0 Å². The maximum absolute atomic E-state index is 12.8. The van der Waals surface area contributed by atoms with E-state index in [-0.39, 0.29) is 17.9 Å². The topological polar surface area (TPSA) is 77.4 Å². The second-order valence-electron chi connectivity index (χ2n) is 6.57. The molecule has 4 rings (SSSR count). The molecule has 6 heteroatoms. The third-order valence-corrected chi connectivity index (χ3v) is 4.77. The van der Waals surface area contributed by atoms with Crippen LogP contribution in [0.5, 0.6) is 0 Å². The summed E-state index contributed by atoms with van der Waals surface area (Å²) in [4.78, 5) is 37.0. The standard InChI is InChI=1S/C23H18N2O4/c1-29-23(28)15-10-12-16(13-11-15)24-21(26)14-25-19-8-4-2-6-17(19)22(27)18-7-3-5-9-20(18)25/h2-13H,14H2,1H3,(H,24,26). The molecule has 6 nitrogen and oxygen atoms in total. The Balaban J connectivity index is 1.68. The predicted octanol–water partition coefficient (Wildman–Crippen LogP) is 3.58. The molecule has 0 aliphatic rings. The zero-order valence-corrected chi connectivity index (χ0v) is 15.7. The summed E-state index contributed by atoms with van der Waals surface area (Å²) in [7, 11) is 1.32. The average molecular weight is 386 g/mol. The van der Waals surface area contributed by atoms with Crippen LogP contribution in [0.1, 0.15) is 10.4 Å². The van der Waals surface area contributed by atoms with Crippen LogP contribution < -0.4 is 10.7 Å². The van der Waals surface area contributed by atoms with E-state index in [9.17, 15) is 14.4 Å². The molecular weight excluding hydrogens is 368 g/mol. The zero-order valence-electron chi connectivity index (χ0n) is 15.7. The first-order chi connectivity index (χ1) is 14.1. The van der Waals surface area contributed by atoms with Gasteiger partial charge in [-0.1, -0.05) is 24.3 Å².